The molecule has 0 fully saturated rings. The Kier molecular flexibility index (Phi) is 6.46. The van der Waals surface area contributed by atoms with E-state index in [1.807, 2.05) is 6.92 Å². The molecule has 0 aliphatic rings. The molecule has 0 saturated heterocycles. The summed E-state index contributed by atoms with van der Waals surface area (Å²) in [6.45, 7) is 3.06. The number of amides is 2. The molecule has 0 bridgehead atoms. The highest BCUT2D eigenvalue weighted by Gasteiger charge is 2.21. The monoisotopic (exact) mass is 376 g/mol. The van der Waals surface area contributed by atoms with Gasteiger partial charge in [0, 0.05) is 23.7 Å². The van der Waals surface area contributed by atoms with Crippen molar-refractivity contribution >= 4 is 34.8 Å². The van der Waals surface area contributed by atoms with Gasteiger partial charge in [0.15, 0.2) is 0 Å². The Balaban J connectivity index is 2.21. The fourth-order valence-corrected chi connectivity index (χ4v) is 2.56. The van der Waals surface area contributed by atoms with E-state index < -0.39 is 0 Å². The SMILES string of the molecule is COc1ccc(NC(=O)CN(C(C)=O)c2cc(C)c(Cl)cc2OC)cc1. The Labute approximate surface area is 157 Å². The van der Waals surface area contributed by atoms with Crippen LogP contribution in [0.2, 0.25) is 5.02 Å². The highest BCUT2D eigenvalue weighted by atomic mass is 35.5. The molecule has 2 aromatic carbocycles. The standard InChI is InChI=1S/C19H21ClN2O4/c1-12-9-17(18(26-4)10-16(12)20)22(13(2)23)11-19(24)21-14-5-7-15(25-3)8-6-14/h5-10H,11H2,1-4H3,(H,21,24). The fraction of sp³-hybridized carbons (Fsp3) is 0.263. The zero-order valence-electron chi connectivity index (χ0n) is 15.1. The summed E-state index contributed by atoms with van der Waals surface area (Å²) in [6, 6.07) is 10.3. The van der Waals surface area contributed by atoms with E-state index in [0.717, 1.165) is 5.56 Å². The van der Waals surface area contributed by atoms with Crippen molar-refractivity contribution in [3.63, 3.8) is 0 Å². The molecular weight excluding hydrogens is 356 g/mol. The first kappa shape index (κ1) is 19.6. The molecule has 0 aliphatic carbocycles. The van der Waals surface area contributed by atoms with Crippen LogP contribution in [0.25, 0.3) is 0 Å². The van der Waals surface area contributed by atoms with Crippen molar-refractivity contribution in [1.29, 1.82) is 0 Å². The number of ether oxygens (including phenoxy) is 2. The van der Waals surface area contributed by atoms with Crippen molar-refractivity contribution in [2.75, 3.05) is 31.0 Å². The van der Waals surface area contributed by atoms with Crippen molar-refractivity contribution in [2.45, 2.75) is 13.8 Å². The molecule has 0 aromatic heterocycles. The predicted molar refractivity (Wildman–Crippen MR) is 102 cm³/mol. The quantitative estimate of drug-likeness (QED) is 0.835. The molecule has 0 heterocycles. The lowest BCUT2D eigenvalue weighted by Crippen LogP contribution is -2.37. The van der Waals surface area contributed by atoms with E-state index in [1.54, 1.807) is 43.5 Å². The highest BCUT2D eigenvalue weighted by Crippen LogP contribution is 2.34. The topological polar surface area (TPSA) is 67.9 Å². The van der Waals surface area contributed by atoms with E-state index >= 15 is 0 Å². The van der Waals surface area contributed by atoms with Gasteiger partial charge in [-0.2, -0.15) is 0 Å². The molecule has 2 amide bonds. The van der Waals surface area contributed by atoms with E-state index in [0.29, 0.717) is 27.9 Å². The fourth-order valence-electron chi connectivity index (χ4n) is 2.41. The van der Waals surface area contributed by atoms with E-state index in [4.69, 9.17) is 21.1 Å². The minimum Gasteiger partial charge on any atom is -0.497 e. The van der Waals surface area contributed by atoms with Gasteiger partial charge in [-0.1, -0.05) is 11.6 Å². The summed E-state index contributed by atoms with van der Waals surface area (Å²) >= 11 is 6.11. The van der Waals surface area contributed by atoms with Crippen molar-refractivity contribution in [1.82, 2.24) is 0 Å². The highest BCUT2D eigenvalue weighted by molar-refractivity contribution is 6.31. The zero-order chi connectivity index (χ0) is 19.3. The maximum Gasteiger partial charge on any atom is 0.244 e. The number of carbonyl (C=O) groups excluding carboxylic acids is 2. The second kappa shape index (κ2) is 8.58. The van der Waals surface area contributed by atoms with Gasteiger partial charge in [0.1, 0.15) is 18.0 Å². The molecule has 26 heavy (non-hydrogen) atoms. The number of halogens is 1. The number of rotatable bonds is 6. The van der Waals surface area contributed by atoms with Gasteiger partial charge in [0.25, 0.3) is 0 Å². The smallest absolute Gasteiger partial charge is 0.244 e. The molecule has 138 valence electrons. The maximum atomic E-state index is 12.4. The number of benzene rings is 2. The summed E-state index contributed by atoms with van der Waals surface area (Å²) in [6.07, 6.45) is 0. The Bertz CT molecular complexity index is 806. The average Bonchev–Trinajstić information content (AvgIpc) is 2.62. The minimum atomic E-state index is -0.333. The maximum absolute atomic E-state index is 12.4. The van der Waals surface area contributed by atoms with Crippen LogP contribution in [-0.4, -0.2) is 32.6 Å². The Morgan fingerprint density at radius 3 is 2.31 bits per heavy atom. The molecule has 2 rings (SSSR count). The van der Waals surface area contributed by atoms with Crippen LogP contribution in [0.5, 0.6) is 11.5 Å². The molecule has 7 heteroatoms. The molecule has 0 spiro atoms. The van der Waals surface area contributed by atoms with E-state index in [1.165, 1.54) is 18.9 Å². The van der Waals surface area contributed by atoms with Gasteiger partial charge >= 0.3 is 0 Å². The van der Waals surface area contributed by atoms with Crippen molar-refractivity contribution < 1.29 is 19.1 Å². The second-order valence-corrected chi connectivity index (χ2v) is 6.06. The first-order chi connectivity index (χ1) is 12.3. The van der Waals surface area contributed by atoms with E-state index in [2.05, 4.69) is 5.32 Å². The number of nitrogens with one attached hydrogen (secondary N) is 1. The van der Waals surface area contributed by atoms with Gasteiger partial charge < -0.3 is 14.8 Å². The summed E-state index contributed by atoms with van der Waals surface area (Å²) in [5, 5.41) is 3.28. The molecule has 0 radical (unpaired) electrons. The Hall–Kier alpha value is -2.73. The molecule has 2 aromatic rings. The molecule has 0 saturated carbocycles. The van der Waals surface area contributed by atoms with Crippen molar-refractivity contribution in [2.24, 2.45) is 0 Å². The summed E-state index contributed by atoms with van der Waals surface area (Å²) in [5.41, 5.74) is 1.88. The van der Waals surface area contributed by atoms with Crippen LogP contribution in [0.15, 0.2) is 36.4 Å². The normalized spacial score (nSPS) is 10.2. The van der Waals surface area contributed by atoms with Crippen LogP contribution in [0.1, 0.15) is 12.5 Å². The summed E-state index contributed by atoms with van der Waals surface area (Å²) in [5.74, 6) is 0.498. The number of methoxy groups -OCH3 is 2. The number of hydrogen-bond acceptors (Lipinski definition) is 4. The predicted octanol–water partition coefficient (Wildman–Crippen LogP) is 3.66. The minimum absolute atomic E-state index is 0.154. The summed E-state index contributed by atoms with van der Waals surface area (Å²) in [4.78, 5) is 25.9. The van der Waals surface area contributed by atoms with E-state index in [9.17, 15) is 9.59 Å². The largest absolute Gasteiger partial charge is 0.497 e. The van der Waals surface area contributed by atoms with Crippen molar-refractivity contribution in [3.8, 4) is 11.5 Å². The number of nitrogens with zero attached hydrogens (tertiary/aromatic N) is 1. The van der Waals surface area contributed by atoms with Gasteiger partial charge in [0.2, 0.25) is 11.8 Å². The molecule has 1 N–H and O–H groups in total. The lowest BCUT2D eigenvalue weighted by Gasteiger charge is -2.23. The molecule has 0 unspecified atom stereocenters. The van der Waals surface area contributed by atoms with Crippen molar-refractivity contribution in [3.05, 3.63) is 47.0 Å². The van der Waals surface area contributed by atoms with Crippen LogP contribution in [0.4, 0.5) is 11.4 Å². The van der Waals surface area contributed by atoms with Crippen LogP contribution < -0.4 is 19.7 Å². The Morgan fingerprint density at radius 2 is 1.77 bits per heavy atom. The Morgan fingerprint density at radius 1 is 1.12 bits per heavy atom. The van der Waals surface area contributed by atoms with Crippen LogP contribution in [0, 0.1) is 6.92 Å². The number of anilines is 2. The first-order valence-corrected chi connectivity index (χ1v) is 8.29. The molecule has 0 atom stereocenters. The second-order valence-electron chi connectivity index (χ2n) is 5.66. The zero-order valence-corrected chi connectivity index (χ0v) is 15.9. The number of hydrogen-bond donors (Lipinski definition) is 1. The lowest BCUT2D eigenvalue weighted by atomic mass is 10.2. The van der Waals surface area contributed by atoms with Gasteiger partial charge in [0.05, 0.1) is 19.9 Å². The molecule has 6 nitrogen and oxygen atoms in total. The van der Waals surface area contributed by atoms with Crippen LogP contribution in [0.3, 0.4) is 0 Å². The third-order valence-corrected chi connectivity index (χ3v) is 4.21. The summed E-state index contributed by atoms with van der Waals surface area (Å²) < 4.78 is 10.4. The van der Waals surface area contributed by atoms with Gasteiger partial charge in [-0.3, -0.25) is 14.5 Å². The van der Waals surface area contributed by atoms with Crippen LogP contribution >= 0.6 is 11.6 Å². The van der Waals surface area contributed by atoms with Gasteiger partial charge in [-0.15, -0.1) is 0 Å². The lowest BCUT2D eigenvalue weighted by molar-refractivity contribution is -0.120. The third kappa shape index (κ3) is 4.67. The summed E-state index contributed by atoms with van der Waals surface area (Å²) in [7, 11) is 3.06. The third-order valence-electron chi connectivity index (χ3n) is 3.81. The van der Waals surface area contributed by atoms with Crippen LogP contribution in [-0.2, 0) is 9.59 Å². The van der Waals surface area contributed by atoms with Gasteiger partial charge in [-0.25, -0.2) is 0 Å². The average molecular weight is 377 g/mol. The van der Waals surface area contributed by atoms with E-state index in [-0.39, 0.29) is 18.4 Å². The van der Waals surface area contributed by atoms with Gasteiger partial charge in [-0.05, 0) is 42.8 Å². The molecule has 0 aliphatic heterocycles. The number of carbonyl (C=O) groups is 2. The number of aryl methyl sites for hydroxylation is 1. The first-order valence-electron chi connectivity index (χ1n) is 7.92. The molecular formula is C19H21ClN2O4.